The summed E-state index contributed by atoms with van der Waals surface area (Å²) in [5.74, 6) is 0.777. The molecule has 0 saturated heterocycles. The van der Waals surface area contributed by atoms with Crippen LogP contribution in [0.5, 0.6) is 5.75 Å². The summed E-state index contributed by atoms with van der Waals surface area (Å²) in [4.78, 5) is 0. The highest BCUT2D eigenvalue weighted by molar-refractivity contribution is 6.33. The zero-order valence-electron chi connectivity index (χ0n) is 8.71. The maximum Gasteiger partial charge on any atom is 0.119 e. The molecule has 0 unspecified atom stereocenters. The van der Waals surface area contributed by atoms with Gasteiger partial charge in [0, 0.05) is 15.6 Å². The van der Waals surface area contributed by atoms with E-state index in [4.69, 9.17) is 27.9 Å². The first-order valence-corrected chi connectivity index (χ1v) is 5.56. The van der Waals surface area contributed by atoms with Gasteiger partial charge in [0.15, 0.2) is 0 Å². The van der Waals surface area contributed by atoms with Crippen LogP contribution in [0.1, 0.15) is 0 Å². The molecule has 0 spiro atoms. The molecule has 0 amide bonds. The van der Waals surface area contributed by atoms with Crippen LogP contribution in [0.15, 0.2) is 42.5 Å². The Morgan fingerprint density at radius 3 is 2.50 bits per heavy atom. The first kappa shape index (κ1) is 11.3. The molecule has 0 fully saturated rings. The van der Waals surface area contributed by atoms with Crippen molar-refractivity contribution in [2.24, 2.45) is 0 Å². The van der Waals surface area contributed by atoms with Gasteiger partial charge in [-0.15, -0.1) is 0 Å². The highest BCUT2D eigenvalue weighted by Gasteiger charge is 2.05. The van der Waals surface area contributed by atoms with Gasteiger partial charge in [0.2, 0.25) is 0 Å². The molecule has 0 N–H and O–H groups in total. The van der Waals surface area contributed by atoms with Crippen molar-refractivity contribution in [1.29, 1.82) is 0 Å². The van der Waals surface area contributed by atoms with Crippen LogP contribution < -0.4 is 4.74 Å². The molecule has 0 aliphatic rings. The Hall–Kier alpha value is -1.18. The summed E-state index contributed by atoms with van der Waals surface area (Å²) in [6, 6.07) is 13.1. The van der Waals surface area contributed by atoms with Gasteiger partial charge in [-0.1, -0.05) is 35.3 Å². The van der Waals surface area contributed by atoms with Gasteiger partial charge in [-0.2, -0.15) is 0 Å². The van der Waals surface area contributed by atoms with E-state index in [1.807, 2.05) is 42.5 Å². The minimum atomic E-state index is 0.683. The summed E-state index contributed by atoms with van der Waals surface area (Å²) in [6.45, 7) is 0. The molecule has 0 saturated carbocycles. The van der Waals surface area contributed by atoms with Crippen molar-refractivity contribution in [2.75, 3.05) is 7.11 Å². The van der Waals surface area contributed by atoms with Gasteiger partial charge in [-0.25, -0.2) is 0 Å². The molecule has 2 aromatic rings. The molecular weight excluding hydrogens is 243 g/mol. The van der Waals surface area contributed by atoms with E-state index in [2.05, 4.69) is 0 Å². The summed E-state index contributed by atoms with van der Waals surface area (Å²) >= 11 is 12.1. The van der Waals surface area contributed by atoms with Gasteiger partial charge < -0.3 is 4.74 Å². The van der Waals surface area contributed by atoms with Gasteiger partial charge in [0.05, 0.1) is 7.11 Å². The zero-order chi connectivity index (χ0) is 11.5. The molecule has 0 radical (unpaired) electrons. The van der Waals surface area contributed by atoms with E-state index < -0.39 is 0 Å². The number of benzene rings is 2. The number of hydrogen-bond acceptors (Lipinski definition) is 1. The first-order chi connectivity index (χ1) is 7.70. The third-order valence-electron chi connectivity index (χ3n) is 2.31. The molecule has 3 heteroatoms. The normalized spacial score (nSPS) is 10.2. The fourth-order valence-electron chi connectivity index (χ4n) is 1.51. The standard InChI is InChI=1S/C13H10Cl2O/c1-16-11-5-6-13(15)12(8-11)9-3-2-4-10(14)7-9/h2-8H,1H3. The first-order valence-electron chi connectivity index (χ1n) is 4.80. The van der Waals surface area contributed by atoms with Crippen molar-refractivity contribution in [2.45, 2.75) is 0 Å². The van der Waals surface area contributed by atoms with Crippen LogP contribution in [-0.4, -0.2) is 7.11 Å². The number of halogens is 2. The van der Waals surface area contributed by atoms with Crippen LogP contribution >= 0.6 is 23.2 Å². The molecule has 16 heavy (non-hydrogen) atoms. The Morgan fingerprint density at radius 2 is 1.81 bits per heavy atom. The Kier molecular flexibility index (Phi) is 3.37. The average molecular weight is 253 g/mol. The predicted molar refractivity (Wildman–Crippen MR) is 68.5 cm³/mol. The van der Waals surface area contributed by atoms with Crippen molar-refractivity contribution >= 4 is 23.2 Å². The number of rotatable bonds is 2. The minimum Gasteiger partial charge on any atom is -0.497 e. The van der Waals surface area contributed by atoms with Crippen LogP contribution in [0.3, 0.4) is 0 Å². The lowest BCUT2D eigenvalue weighted by molar-refractivity contribution is 0.415. The minimum absolute atomic E-state index is 0.683. The maximum absolute atomic E-state index is 6.14. The smallest absolute Gasteiger partial charge is 0.119 e. The van der Waals surface area contributed by atoms with E-state index in [0.29, 0.717) is 10.0 Å². The van der Waals surface area contributed by atoms with Crippen molar-refractivity contribution in [3.8, 4) is 16.9 Å². The largest absolute Gasteiger partial charge is 0.497 e. The zero-order valence-corrected chi connectivity index (χ0v) is 10.2. The molecular formula is C13H10Cl2O. The van der Waals surface area contributed by atoms with Crippen LogP contribution in [0.2, 0.25) is 10.0 Å². The topological polar surface area (TPSA) is 9.23 Å². The highest BCUT2D eigenvalue weighted by Crippen LogP contribution is 2.32. The number of methoxy groups -OCH3 is 1. The van der Waals surface area contributed by atoms with E-state index in [9.17, 15) is 0 Å². The third kappa shape index (κ3) is 2.31. The summed E-state index contributed by atoms with van der Waals surface area (Å²) in [6.07, 6.45) is 0. The molecule has 0 aliphatic heterocycles. The fraction of sp³-hybridized carbons (Fsp3) is 0.0769. The van der Waals surface area contributed by atoms with Crippen LogP contribution in [-0.2, 0) is 0 Å². The fourth-order valence-corrected chi connectivity index (χ4v) is 1.93. The number of ether oxygens (including phenoxy) is 1. The summed E-state index contributed by atoms with van der Waals surface area (Å²) in [5, 5.41) is 1.37. The quantitative estimate of drug-likeness (QED) is 0.755. The van der Waals surface area contributed by atoms with Gasteiger partial charge >= 0.3 is 0 Å². The summed E-state index contributed by atoms with van der Waals surface area (Å²) in [7, 11) is 1.63. The molecule has 2 rings (SSSR count). The lowest BCUT2D eigenvalue weighted by atomic mass is 10.1. The molecule has 0 bridgehead atoms. The van der Waals surface area contributed by atoms with E-state index >= 15 is 0 Å². The van der Waals surface area contributed by atoms with E-state index in [-0.39, 0.29) is 0 Å². The van der Waals surface area contributed by atoms with Crippen LogP contribution in [0, 0.1) is 0 Å². The molecule has 1 nitrogen and oxygen atoms in total. The third-order valence-corrected chi connectivity index (χ3v) is 2.87. The molecule has 0 heterocycles. The molecule has 2 aromatic carbocycles. The molecule has 0 aliphatic carbocycles. The molecule has 0 aromatic heterocycles. The second-order valence-corrected chi connectivity index (χ2v) is 4.20. The Bertz CT molecular complexity index is 509. The van der Waals surface area contributed by atoms with Crippen molar-refractivity contribution in [1.82, 2.24) is 0 Å². The monoisotopic (exact) mass is 252 g/mol. The van der Waals surface area contributed by atoms with E-state index in [1.165, 1.54) is 0 Å². The van der Waals surface area contributed by atoms with Gasteiger partial charge in [-0.05, 0) is 35.9 Å². The average Bonchev–Trinajstić information content (AvgIpc) is 2.30. The lowest BCUT2D eigenvalue weighted by Gasteiger charge is -2.07. The van der Waals surface area contributed by atoms with Gasteiger partial charge in [0.1, 0.15) is 5.75 Å². The van der Waals surface area contributed by atoms with E-state index in [1.54, 1.807) is 7.11 Å². The van der Waals surface area contributed by atoms with Crippen molar-refractivity contribution in [3.63, 3.8) is 0 Å². The Labute approximate surface area is 105 Å². The van der Waals surface area contributed by atoms with Crippen LogP contribution in [0.4, 0.5) is 0 Å². The SMILES string of the molecule is COc1ccc(Cl)c(-c2cccc(Cl)c2)c1. The maximum atomic E-state index is 6.14. The number of hydrogen-bond donors (Lipinski definition) is 0. The van der Waals surface area contributed by atoms with Gasteiger partial charge in [-0.3, -0.25) is 0 Å². The molecule has 82 valence electrons. The van der Waals surface area contributed by atoms with Crippen molar-refractivity contribution in [3.05, 3.63) is 52.5 Å². The summed E-state index contributed by atoms with van der Waals surface area (Å²) in [5.41, 5.74) is 1.90. The van der Waals surface area contributed by atoms with Gasteiger partial charge in [0.25, 0.3) is 0 Å². The predicted octanol–water partition coefficient (Wildman–Crippen LogP) is 4.67. The second-order valence-electron chi connectivity index (χ2n) is 3.36. The Morgan fingerprint density at radius 1 is 1.00 bits per heavy atom. The lowest BCUT2D eigenvalue weighted by Crippen LogP contribution is -1.85. The van der Waals surface area contributed by atoms with Crippen LogP contribution in [0.25, 0.3) is 11.1 Å². The van der Waals surface area contributed by atoms with Crippen molar-refractivity contribution < 1.29 is 4.74 Å². The Balaban J connectivity index is 2.54. The second kappa shape index (κ2) is 4.77. The molecule has 0 atom stereocenters. The highest BCUT2D eigenvalue weighted by atomic mass is 35.5. The summed E-state index contributed by atoms with van der Waals surface area (Å²) < 4.78 is 5.17. The van der Waals surface area contributed by atoms with E-state index in [0.717, 1.165) is 16.9 Å².